The van der Waals surface area contributed by atoms with Crippen molar-refractivity contribution in [3.8, 4) is 0 Å². The van der Waals surface area contributed by atoms with E-state index in [1.807, 2.05) is 12.1 Å². The molecule has 0 amide bonds. The molecular weight excluding hydrogens is 228 g/mol. The summed E-state index contributed by atoms with van der Waals surface area (Å²) in [6.07, 6.45) is 10.5. The van der Waals surface area contributed by atoms with E-state index in [1.54, 1.807) is 13.4 Å². The zero-order chi connectivity index (χ0) is 13.1. The molecule has 1 aromatic rings. The molecule has 0 aliphatic rings. The monoisotopic (exact) mass is 254 g/mol. The highest BCUT2D eigenvalue weighted by Gasteiger charge is 2.14. The lowest BCUT2D eigenvalue weighted by Gasteiger charge is -2.15. The van der Waals surface area contributed by atoms with Gasteiger partial charge in [-0.3, -0.25) is 0 Å². The summed E-state index contributed by atoms with van der Waals surface area (Å²) in [6.45, 7) is 2.56. The summed E-state index contributed by atoms with van der Waals surface area (Å²) in [6, 6.07) is 3.87. The molecule has 0 fully saturated rings. The first-order chi connectivity index (χ1) is 8.88. The molecular formula is C15H26O3. The normalized spacial score (nSPS) is 12.8. The molecule has 1 heterocycles. The minimum absolute atomic E-state index is 0.0334. The van der Waals surface area contributed by atoms with Crippen LogP contribution in [-0.2, 0) is 9.47 Å². The Balaban J connectivity index is 2.20. The molecule has 3 nitrogen and oxygen atoms in total. The predicted molar refractivity (Wildman–Crippen MR) is 72.4 cm³/mol. The van der Waals surface area contributed by atoms with Crippen molar-refractivity contribution in [2.45, 2.75) is 58.0 Å². The van der Waals surface area contributed by atoms with E-state index in [4.69, 9.17) is 13.9 Å². The Morgan fingerprint density at radius 3 is 2.61 bits per heavy atom. The van der Waals surface area contributed by atoms with Crippen molar-refractivity contribution in [2.75, 3.05) is 13.9 Å². The lowest BCUT2D eigenvalue weighted by atomic mass is 10.1. The van der Waals surface area contributed by atoms with Crippen LogP contribution in [0.2, 0.25) is 0 Å². The van der Waals surface area contributed by atoms with Gasteiger partial charge in [0.1, 0.15) is 18.7 Å². The Bertz CT molecular complexity index is 269. The highest BCUT2D eigenvalue weighted by Crippen LogP contribution is 2.24. The molecule has 1 rings (SSSR count). The number of methoxy groups -OCH3 is 1. The second kappa shape index (κ2) is 10.2. The molecule has 0 unspecified atom stereocenters. The number of unbranched alkanes of at least 4 members (excludes halogenated alkanes) is 5. The quantitative estimate of drug-likeness (QED) is 0.424. The second-order valence-electron chi connectivity index (χ2n) is 4.63. The van der Waals surface area contributed by atoms with Gasteiger partial charge in [-0.25, -0.2) is 0 Å². The van der Waals surface area contributed by atoms with Gasteiger partial charge in [0.2, 0.25) is 0 Å². The Hall–Kier alpha value is -0.800. The van der Waals surface area contributed by atoms with Crippen molar-refractivity contribution in [3.63, 3.8) is 0 Å². The molecule has 0 aliphatic heterocycles. The van der Waals surface area contributed by atoms with Crippen LogP contribution in [-0.4, -0.2) is 13.9 Å². The van der Waals surface area contributed by atoms with Crippen molar-refractivity contribution in [1.29, 1.82) is 0 Å². The molecule has 1 aromatic heterocycles. The summed E-state index contributed by atoms with van der Waals surface area (Å²) in [5, 5.41) is 0. The smallest absolute Gasteiger partial charge is 0.147 e. The summed E-state index contributed by atoms with van der Waals surface area (Å²) in [4.78, 5) is 0. The molecule has 104 valence electrons. The molecule has 0 spiro atoms. The summed E-state index contributed by atoms with van der Waals surface area (Å²) >= 11 is 0. The molecule has 0 aromatic carbocycles. The first-order valence-corrected chi connectivity index (χ1v) is 7.02. The predicted octanol–water partition coefficient (Wildman–Crippen LogP) is 4.69. The number of hydrogen-bond acceptors (Lipinski definition) is 3. The Kier molecular flexibility index (Phi) is 8.61. The van der Waals surface area contributed by atoms with E-state index in [1.165, 1.54) is 38.5 Å². The molecule has 0 saturated carbocycles. The summed E-state index contributed by atoms with van der Waals surface area (Å²) < 4.78 is 16.0. The average molecular weight is 254 g/mol. The van der Waals surface area contributed by atoms with E-state index in [-0.39, 0.29) is 6.10 Å². The van der Waals surface area contributed by atoms with Gasteiger partial charge >= 0.3 is 0 Å². The fourth-order valence-corrected chi connectivity index (χ4v) is 2.04. The Labute approximate surface area is 110 Å². The molecule has 0 N–H and O–H groups in total. The van der Waals surface area contributed by atoms with Crippen LogP contribution < -0.4 is 0 Å². The minimum atomic E-state index is 0.0334. The molecule has 0 radical (unpaired) electrons. The minimum Gasteiger partial charge on any atom is -0.467 e. The van der Waals surface area contributed by atoms with Gasteiger partial charge in [-0.2, -0.15) is 0 Å². The van der Waals surface area contributed by atoms with Crippen LogP contribution in [0, 0.1) is 0 Å². The summed E-state index contributed by atoms with van der Waals surface area (Å²) in [5.41, 5.74) is 0. The van der Waals surface area contributed by atoms with Gasteiger partial charge in [0.15, 0.2) is 0 Å². The topological polar surface area (TPSA) is 31.6 Å². The number of furan rings is 1. The molecule has 1 atom stereocenters. The lowest BCUT2D eigenvalue weighted by Crippen LogP contribution is -2.06. The van der Waals surface area contributed by atoms with Crippen molar-refractivity contribution < 1.29 is 13.9 Å². The van der Waals surface area contributed by atoms with E-state index in [0.29, 0.717) is 6.79 Å². The van der Waals surface area contributed by atoms with E-state index >= 15 is 0 Å². The van der Waals surface area contributed by atoms with Crippen LogP contribution in [0.3, 0.4) is 0 Å². The van der Waals surface area contributed by atoms with Crippen molar-refractivity contribution in [1.82, 2.24) is 0 Å². The highest BCUT2D eigenvalue weighted by atomic mass is 16.7. The fourth-order valence-electron chi connectivity index (χ4n) is 2.04. The van der Waals surface area contributed by atoms with Crippen LogP contribution in [0.25, 0.3) is 0 Å². The first kappa shape index (κ1) is 15.3. The van der Waals surface area contributed by atoms with E-state index in [0.717, 1.165) is 12.2 Å². The van der Waals surface area contributed by atoms with Crippen molar-refractivity contribution in [2.24, 2.45) is 0 Å². The van der Waals surface area contributed by atoms with Gasteiger partial charge in [0.25, 0.3) is 0 Å². The average Bonchev–Trinajstić information content (AvgIpc) is 2.91. The third-order valence-corrected chi connectivity index (χ3v) is 3.07. The third-order valence-electron chi connectivity index (χ3n) is 3.07. The lowest BCUT2D eigenvalue weighted by molar-refractivity contribution is -0.0829. The molecule has 0 saturated heterocycles. The van der Waals surface area contributed by atoms with Crippen molar-refractivity contribution in [3.05, 3.63) is 24.2 Å². The Morgan fingerprint density at radius 2 is 1.94 bits per heavy atom. The standard InChI is InChI=1S/C15H26O3/c1-3-4-5-6-7-8-10-15(18-13-16-2)14-11-9-12-17-14/h9,11-12,15H,3-8,10,13H2,1-2H3/t15-/m0/s1. The second-order valence-corrected chi connectivity index (χ2v) is 4.63. The summed E-state index contributed by atoms with van der Waals surface area (Å²) in [5.74, 6) is 0.903. The van der Waals surface area contributed by atoms with Gasteiger partial charge in [-0.05, 0) is 18.6 Å². The van der Waals surface area contributed by atoms with E-state index in [9.17, 15) is 0 Å². The maximum absolute atomic E-state index is 5.65. The third kappa shape index (κ3) is 6.22. The molecule has 0 aliphatic carbocycles. The molecule has 3 heteroatoms. The molecule has 18 heavy (non-hydrogen) atoms. The Morgan fingerprint density at radius 1 is 1.17 bits per heavy atom. The molecule has 0 bridgehead atoms. The zero-order valence-corrected chi connectivity index (χ0v) is 11.7. The van der Waals surface area contributed by atoms with Gasteiger partial charge in [0, 0.05) is 7.11 Å². The highest BCUT2D eigenvalue weighted by molar-refractivity contribution is 5.02. The van der Waals surface area contributed by atoms with Gasteiger partial charge in [-0.15, -0.1) is 0 Å². The van der Waals surface area contributed by atoms with Crippen LogP contribution in [0.5, 0.6) is 0 Å². The van der Waals surface area contributed by atoms with E-state index in [2.05, 4.69) is 6.92 Å². The SMILES string of the molecule is CCCCCCCC[C@H](OCOC)c1ccco1. The zero-order valence-electron chi connectivity index (χ0n) is 11.7. The number of hydrogen-bond donors (Lipinski definition) is 0. The summed E-state index contributed by atoms with van der Waals surface area (Å²) in [7, 11) is 1.64. The number of rotatable bonds is 11. The van der Waals surface area contributed by atoms with Crippen LogP contribution >= 0.6 is 0 Å². The number of ether oxygens (including phenoxy) is 2. The fraction of sp³-hybridized carbons (Fsp3) is 0.733. The van der Waals surface area contributed by atoms with Crippen molar-refractivity contribution >= 4 is 0 Å². The van der Waals surface area contributed by atoms with Crippen LogP contribution in [0.4, 0.5) is 0 Å². The maximum atomic E-state index is 5.65. The first-order valence-electron chi connectivity index (χ1n) is 7.02. The maximum Gasteiger partial charge on any atom is 0.147 e. The van der Waals surface area contributed by atoms with Gasteiger partial charge in [-0.1, -0.05) is 45.4 Å². The van der Waals surface area contributed by atoms with Crippen LogP contribution in [0.1, 0.15) is 63.7 Å². The largest absolute Gasteiger partial charge is 0.467 e. The van der Waals surface area contributed by atoms with E-state index < -0.39 is 0 Å². The van der Waals surface area contributed by atoms with Gasteiger partial charge in [0.05, 0.1) is 6.26 Å². The van der Waals surface area contributed by atoms with Crippen LogP contribution in [0.15, 0.2) is 22.8 Å². The van der Waals surface area contributed by atoms with Gasteiger partial charge < -0.3 is 13.9 Å².